The van der Waals surface area contributed by atoms with Gasteiger partial charge in [0.25, 0.3) is 5.91 Å². The first-order valence-electron chi connectivity index (χ1n) is 11.3. The van der Waals surface area contributed by atoms with Gasteiger partial charge in [-0.1, -0.05) is 26.0 Å². The first-order chi connectivity index (χ1) is 16.2. The van der Waals surface area contributed by atoms with Crippen molar-refractivity contribution in [2.24, 2.45) is 11.7 Å². The number of nitrogens with one attached hydrogen (secondary N) is 1. The van der Waals surface area contributed by atoms with Gasteiger partial charge in [0, 0.05) is 32.4 Å². The van der Waals surface area contributed by atoms with E-state index in [0.717, 1.165) is 26.2 Å². The fourth-order valence-corrected chi connectivity index (χ4v) is 3.64. The van der Waals surface area contributed by atoms with Crippen LogP contribution in [0.2, 0.25) is 0 Å². The Balaban J connectivity index is 0.000000567. The van der Waals surface area contributed by atoms with E-state index in [1.54, 1.807) is 55.3 Å². The number of carbonyl (C=O) groups excluding carboxylic acids is 2. The number of nitrogens with zero attached hydrogens (tertiary/aromatic N) is 4. The molecule has 0 spiro atoms. The van der Waals surface area contributed by atoms with Crippen LogP contribution in [0.3, 0.4) is 0 Å². The molecule has 1 atom stereocenters. The zero-order valence-corrected chi connectivity index (χ0v) is 22.2. The number of rotatable bonds is 4. The lowest BCUT2D eigenvalue weighted by Crippen LogP contribution is -2.48. The zero-order valence-electron chi connectivity index (χ0n) is 20.6. The van der Waals surface area contributed by atoms with Crippen molar-refractivity contribution in [3.63, 3.8) is 0 Å². The zero-order chi connectivity index (χ0) is 24.8. The van der Waals surface area contributed by atoms with E-state index < -0.39 is 12.0 Å². The van der Waals surface area contributed by atoms with Crippen LogP contribution in [0.25, 0.3) is 0 Å². The van der Waals surface area contributed by atoms with Gasteiger partial charge in [-0.15, -0.1) is 24.8 Å². The third kappa shape index (κ3) is 7.62. The number of piperazine rings is 1. The van der Waals surface area contributed by atoms with E-state index in [2.05, 4.69) is 27.1 Å². The van der Waals surface area contributed by atoms with Gasteiger partial charge in [-0.3, -0.25) is 24.2 Å². The quantitative estimate of drug-likeness (QED) is 0.538. The number of aliphatic carboxylic acids is 1. The molecule has 2 aliphatic heterocycles. The van der Waals surface area contributed by atoms with Gasteiger partial charge in [0.2, 0.25) is 5.91 Å². The number of hydrogen-bond donors (Lipinski definition) is 3. The number of aromatic nitrogens is 1. The van der Waals surface area contributed by atoms with E-state index in [0.29, 0.717) is 29.3 Å². The number of hydrogen-bond acceptors (Lipinski definition) is 7. The van der Waals surface area contributed by atoms with Gasteiger partial charge in [-0.25, -0.2) is 4.98 Å². The Labute approximate surface area is 223 Å². The maximum atomic E-state index is 13.2. The third-order valence-electron chi connectivity index (χ3n) is 5.84. The predicted octanol–water partition coefficient (Wildman–Crippen LogP) is 2.46. The molecule has 36 heavy (non-hydrogen) atoms. The lowest BCUT2D eigenvalue weighted by Gasteiger charge is -2.33. The predicted molar refractivity (Wildman–Crippen MR) is 145 cm³/mol. The molecule has 4 rings (SSSR count). The number of anilines is 3. The molecule has 0 bridgehead atoms. The summed E-state index contributed by atoms with van der Waals surface area (Å²) < 4.78 is 0. The summed E-state index contributed by atoms with van der Waals surface area (Å²) in [7, 11) is 2.08. The van der Waals surface area contributed by atoms with Crippen molar-refractivity contribution in [3.8, 4) is 0 Å². The number of nitrogens with two attached hydrogens (primary N) is 1. The Hall–Kier alpha value is -2.76. The van der Waals surface area contributed by atoms with Crippen LogP contribution in [0.5, 0.6) is 0 Å². The van der Waals surface area contributed by atoms with Crippen LogP contribution < -0.4 is 16.0 Å². The van der Waals surface area contributed by atoms with Crippen molar-refractivity contribution in [1.29, 1.82) is 0 Å². The molecule has 1 fully saturated rings. The van der Waals surface area contributed by atoms with E-state index in [9.17, 15) is 14.4 Å². The molecule has 2 aliphatic rings. The third-order valence-corrected chi connectivity index (χ3v) is 5.84. The van der Waals surface area contributed by atoms with Crippen LogP contribution in [0.15, 0.2) is 42.6 Å². The lowest BCUT2D eigenvalue weighted by atomic mass is 10.1. The average Bonchev–Trinajstić information content (AvgIpc) is 2.94. The number of fused-ring (bicyclic) bond motifs is 2. The summed E-state index contributed by atoms with van der Waals surface area (Å²) in [6.45, 7) is 7.44. The molecular formula is C24H34Cl2N6O4. The highest BCUT2D eigenvalue weighted by Crippen LogP contribution is 2.36. The highest BCUT2D eigenvalue weighted by Gasteiger charge is 2.31. The van der Waals surface area contributed by atoms with Crippen molar-refractivity contribution in [2.45, 2.75) is 19.9 Å². The summed E-state index contributed by atoms with van der Waals surface area (Å²) >= 11 is 0. The van der Waals surface area contributed by atoms with Crippen LogP contribution in [0.1, 0.15) is 24.2 Å². The summed E-state index contributed by atoms with van der Waals surface area (Å²) in [5.74, 6) is -0.763. The maximum absolute atomic E-state index is 13.2. The number of pyridine rings is 1. The number of benzene rings is 1. The van der Waals surface area contributed by atoms with E-state index in [-0.39, 0.29) is 42.5 Å². The monoisotopic (exact) mass is 540 g/mol. The van der Waals surface area contributed by atoms with Gasteiger partial charge < -0.3 is 21.1 Å². The normalized spacial score (nSPS) is 16.0. The Morgan fingerprint density at radius 2 is 1.72 bits per heavy atom. The van der Waals surface area contributed by atoms with Gasteiger partial charge in [0.05, 0.1) is 23.5 Å². The van der Waals surface area contributed by atoms with Crippen LogP contribution >= 0.6 is 24.8 Å². The molecule has 4 N–H and O–H groups in total. The average molecular weight is 541 g/mol. The standard InChI is InChI=1S/C19H21N5O2.C5H11NO2.2ClH/c1-22-9-11-23(12-10-22)13-17(25)24-16-7-3-2-5-14(16)19(26)21-15-6-4-8-20-18(15)24;1-3(2)4(6)5(7)8;;/h2-8H,9-13H2,1H3,(H,21,26);3-4H,6H2,1-2H3,(H,7,8);2*1H/t;4-;;/m.0../s1. The van der Waals surface area contributed by atoms with Gasteiger partial charge in [0.1, 0.15) is 6.04 Å². The van der Waals surface area contributed by atoms with Crippen molar-refractivity contribution >= 4 is 59.8 Å². The molecule has 2 aromatic rings. The number of halogens is 2. The van der Waals surface area contributed by atoms with Crippen LogP contribution in [-0.4, -0.2) is 83.5 Å². The minimum absolute atomic E-state index is 0. The fraction of sp³-hybridized carbons (Fsp3) is 0.417. The van der Waals surface area contributed by atoms with Crippen LogP contribution in [0.4, 0.5) is 17.2 Å². The Morgan fingerprint density at radius 3 is 2.31 bits per heavy atom. The SMILES string of the molecule is CC(C)[C@H](N)C(=O)O.CN1CCN(CC(=O)N2c3ccccc3C(=O)Nc3cccnc32)CC1.Cl.Cl. The molecule has 0 unspecified atom stereocenters. The minimum Gasteiger partial charge on any atom is -0.480 e. The summed E-state index contributed by atoms with van der Waals surface area (Å²) in [6, 6.07) is 9.95. The molecule has 1 saturated heterocycles. The fourth-order valence-electron chi connectivity index (χ4n) is 3.64. The minimum atomic E-state index is -0.931. The van der Waals surface area contributed by atoms with Crippen LogP contribution in [0, 0.1) is 5.92 Å². The van der Waals surface area contributed by atoms with E-state index in [1.165, 1.54) is 0 Å². The molecule has 1 aromatic heterocycles. The Morgan fingerprint density at radius 1 is 1.08 bits per heavy atom. The van der Waals surface area contributed by atoms with Gasteiger partial charge in [-0.05, 0) is 37.2 Å². The molecule has 12 heteroatoms. The Bertz CT molecular complexity index is 1050. The van der Waals surface area contributed by atoms with Crippen LogP contribution in [-0.2, 0) is 9.59 Å². The van der Waals surface area contributed by atoms with Crippen molar-refractivity contribution in [2.75, 3.05) is 50.0 Å². The maximum Gasteiger partial charge on any atom is 0.320 e. The summed E-state index contributed by atoms with van der Waals surface area (Å²) in [5.41, 5.74) is 6.74. The number of likely N-dealkylation sites (N-methyl/N-ethyl adjacent to an activating group) is 1. The van der Waals surface area contributed by atoms with E-state index >= 15 is 0 Å². The molecule has 0 radical (unpaired) electrons. The number of carbonyl (C=O) groups is 3. The molecule has 0 aliphatic carbocycles. The molecule has 1 aromatic carbocycles. The number of carboxylic acids is 1. The number of para-hydroxylation sites is 1. The van der Waals surface area contributed by atoms with E-state index in [4.69, 9.17) is 10.8 Å². The number of carboxylic acid groups (broad SMARTS) is 1. The smallest absolute Gasteiger partial charge is 0.320 e. The second kappa shape index (κ2) is 14.1. The Kier molecular flexibility index (Phi) is 12.2. The first-order valence-corrected chi connectivity index (χ1v) is 11.3. The van der Waals surface area contributed by atoms with Crippen molar-refractivity contribution in [1.82, 2.24) is 14.8 Å². The molecule has 2 amide bonds. The first kappa shape index (κ1) is 31.3. The van der Waals surface area contributed by atoms with Gasteiger partial charge >= 0.3 is 5.97 Å². The molecule has 0 saturated carbocycles. The number of amides is 2. The van der Waals surface area contributed by atoms with Gasteiger partial charge in [-0.2, -0.15) is 0 Å². The van der Waals surface area contributed by atoms with Crippen molar-refractivity contribution < 1.29 is 19.5 Å². The topological polar surface area (TPSA) is 132 Å². The highest BCUT2D eigenvalue weighted by atomic mass is 35.5. The molecule has 3 heterocycles. The second-order valence-corrected chi connectivity index (χ2v) is 8.76. The molecular weight excluding hydrogens is 507 g/mol. The van der Waals surface area contributed by atoms with Gasteiger partial charge in [0.15, 0.2) is 5.82 Å². The molecule has 10 nitrogen and oxygen atoms in total. The van der Waals surface area contributed by atoms with Crippen molar-refractivity contribution in [3.05, 3.63) is 48.2 Å². The van der Waals surface area contributed by atoms with E-state index in [1.807, 2.05) is 6.07 Å². The summed E-state index contributed by atoms with van der Waals surface area (Å²) in [4.78, 5) is 46.2. The summed E-state index contributed by atoms with van der Waals surface area (Å²) in [6.07, 6.45) is 1.63. The molecule has 198 valence electrons. The second-order valence-electron chi connectivity index (χ2n) is 8.76. The largest absolute Gasteiger partial charge is 0.480 e. The summed E-state index contributed by atoms with van der Waals surface area (Å²) in [5, 5.41) is 11.1. The highest BCUT2D eigenvalue weighted by molar-refractivity contribution is 6.17. The lowest BCUT2D eigenvalue weighted by molar-refractivity contribution is -0.139.